The smallest absolute Gasteiger partial charge is 0.333 e. The van der Waals surface area contributed by atoms with Gasteiger partial charge in [-0.05, 0) is 6.92 Å². The van der Waals surface area contributed by atoms with Gasteiger partial charge in [0.1, 0.15) is 12.7 Å². The fourth-order valence-electron chi connectivity index (χ4n) is 0.843. The molecule has 13 heavy (non-hydrogen) atoms. The van der Waals surface area contributed by atoms with Crippen molar-refractivity contribution >= 4 is 16.8 Å². The van der Waals surface area contributed by atoms with Gasteiger partial charge in [-0.3, -0.25) is 4.18 Å². The third-order valence-corrected chi connectivity index (χ3v) is 2.79. The first kappa shape index (κ1) is 10.5. The van der Waals surface area contributed by atoms with E-state index in [9.17, 15) is 4.79 Å². The Bertz CT molecular complexity index is 237. The van der Waals surface area contributed by atoms with Crippen LogP contribution in [0.1, 0.15) is 6.92 Å². The Labute approximate surface area is 77.9 Å². The van der Waals surface area contributed by atoms with Gasteiger partial charge in [-0.15, -0.1) is 0 Å². The maximum Gasteiger partial charge on any atom is 0.333 e. The van der Waals surface area contributed by atoms with Gasteiger partial charge in [-0.25, -0.2) is 4.79 Å². The lowest BCUT2D eigenvalue weighted by atomic mass is 10.3. The second kappa shape index (κ2) is 3.67. The number of hydrogen-bond donors (Lipinski definition) is 2. The van der Waals surface area contributed by atoms with Gasteiger partial charge in [0.2, 0.25) is 0 Å². The Balaban J connectivity index is 2.41. The lowest BCUT2D eigenvalue weighted by molar-refractivity contribution is -0.143. The summed E-state index contributed by atoms with van der Waals surface area (Å²) in [5.74, 6) is -0.586. The van der Waals surface area contributed by atoms with Crippen LogP contribution < -0.4 is 0 Å². The minimum atomic E-state index is -2.97. The van der Waals surface area contributed by atoms with Crippen molar-refractivity contribution in [3.05, 3.63) is 12.2 Å². The van der Waals surface area contributed by atoms with Gasteiger partial charge in [0.15, 0.2) is 0 Å². The van der Waals surface area contributed by atoms with Crippen LogP contribution in [-0.4, -0.2) is 33.5 Å². The minimum Gasteiger partial charge on any atom is -0.455 e. The highest BCUT2D eigenvalue weighted by molar-refractivity contribution is 8.20. The van der Waals surface area contributed by atoms with E-state index in [4.69, 9.17) is 13.8 Å². The third kappa shape index (κ3) is 3.00. The summed E-state index contributed by atoms with van der Waals surface area (Å²) in [7, 11) is -2.97. The fraction of sp³-hybridized carbons (Fsp3) is 0.571. The van der Waals surface area contributed by atoms with Crippen molar-refractivity contribution in [3.63, 3.8) is 0 Å². The molecule has 1 aliphatic heterocycles. The number of rotatable bonds is 2. The van der Waals surface area contributed by atoms with Gasteiger partial charge in [-0.2, -0.15) is 0 Å². The molecule has 76 valence electrons. The monoisotopic (exact) mass is 208 g/mol. The molecule has 6 heteroatoms. The standard InChI is InChI=1S/C7H12O5S/c1-5(2)7(8)12-6-3-11-13(9,10)4-6/h6,9-10H,1,3-4H2,2H3. The Morgan fingerprint density at radius 3 is 2.69 bits per heavy atom. The van der Waals surface area contributed by atoms with Crippen molar-refractivity contribution in [3.8, 4) is 0 Å². The maximum absolute atomic E-state index is 11.0. The van der Waals surface area contributed by atoms with Gasteiger partial charge in [-0.1, -0.05) is 6.58 Å². The van der Waals surface area contributed by atoms with E-state index in [0.29, 0.717) is 0 Å². The number of ether oxygens (including phenoxy) is 1. The van der Waals surface area contributed by atoms with Crippen LogP contribution in [0.25, 0.3) is 0 Å². The van der Waals surface area contributed by atoms with Gasteiger partial charge in [0.25, 0.3) is 0 Å². The molecule has 5 nitrogen and oxygen atoms in total. The Kier molecular flexibility index (Phi) is 2.97. The highest BCUT2D eigenvalue weighted by Crippen LogP contribution is 2.45. The number of carbonyl (C=O) groups is 1. The second-order valence-corrected chi connectivity index (χ2v) is 4.65. The zero-order valence-electron chi connectivity index (χ0n) is 7.23. The molecular weight excluding hydrogens is 196 g/mol. The SMILES string of the molecule is C=C(C)C(=O)OC1COS(O)(O)C1. The number of carbonyl (C=O) groups excluding carboxylic acids is 1. The van der Waals surface area contributed by atoms with Crippen LogP contribution in [-0.2, 0) is 13.7 Å². The Morgan fingerprint density at radius 2 is 2.31 bits per heavy atom. The molecule has 1 aliphatic rings. The first-order valence-electron chi connectivity index (χ1n) is 3.67. The molecule has 1 saturated heterocycles. The minimum absolute atomic E-state index is 0.0291. The molecule has 0 bridgehead atoms. The van der Waals surface area contributed by atoms with Gasteiger partial charge >= 0.3 is 5.97 Å². The molecule has 1 rings (SSSR count). The molecule has 2 N–H and O–H groups in total. The van der Waals surface area contributed by atoms with Crippen molar-refractivity contribution in [1.82, 2.24) is 0 Å². The normalized spacial score (nSPS) is 28.1. The summed E-state index contributed by atoms with van der Waals surface area (Å²) in [6.07, 6.45) is -0.575. The van der Waals surface area contributed by atoms with Crippen molar-refractivity contribution in [2.75, 3.05) is 12.4 Å². The topological polar surface area (TPSA) is 76.0 Å². The quantitative estimate of drug-likeness (QED) is 0.526. The number of esters is 1. The highest BCUT2D eigenvalue weighted by Gasteiger charge is 2.34. The van der Waals surface area contributed by atoms with E-state index in [1.54, 1.807) is 0 Å². The largest absolute Gasteiger partial charge is 0.455 e. The van der Waals surface area contributed by atoms with Crippen molar-refractivity contribution in [2.45, 2.75) is 13.0 Å². The molecular formula is C7H12O5S. The molecule has 1 atom stereocenters. The molecule has 0 aliphatic carbocycles. The van der Waals surface area contributed by atoms with E-state index < -0.39 is 22.9 Å². The molecule has 0 spiro atoms. The summed E-state index contributed by atoms with van der Waals surface area (Å²) < 4.78 is 27.5. The fourth-order valence-corrected chi connectivity index (χ4v) is 1.96. The van der Waals surface area contributed by atoms with E-state index in [-0.39, 0.29) is 17.9 Å². The van der Waals surface area contributed by atoms with Crippen molar-refractivity contribution in [1.29, 1.82) is 0 Å². The van der Waals surface area contributed by atoms with Crippen LogP contribution in [0.2, 0.25) is 0 Å². The van der Waals surface area contributed by atoms with Crippen molar-refractivity contribution < 1.29 is 22.8 Å². The van der Waals surface area contributed by atoms with E-state index in [1.807, 2.05) is 0 Å². The van der Waals surface area contributed by atoms with E-state index in [0.717, 1.165) is 0 Å². The molecule has 0 aromatic rings. The van der Waals surface area contributed by atoms with Crippen LogP contribution in [0.15, 0.2) is 12.2 Å². The summed E-state index contributed by atoms with van der Waals surface area (Å²) in [5.41, 5.74) is 0.281. The summed E-state index contributed by atoms with van der Waals surface area (Å²) in [4.78, 5) is 11.0. The summed E-state index contributed by atoms with van der Waals surface area (Å²) in [6, 6.07) is 0. The van der Waals surface area contributed by atoms with Gasteiger partial charge in [0.05, 0.1) is 16.6 Å². The van der Waals surface area contributed by atoms with Gasteiger partial charge < -0.3 is 13.8 Å². The zero-order valence-corrected chi connectivity index (χ0v) is 8.04. The highest BCUT2D eigenvalue weighted by atomic mass is 32.3. The first-order chi connectivity index (χ1) is 5.91. The predicted molar refractivity (Wildman–Crippen MR) is 48.4 cm³/mol. The molecule has 1 heterocycles. The van der Waals surface area contributed by atoms with Crippen LogP contribution in [0, 0.1) is 0 Å². The second-order valence-electron chi connectivity index (χ2n) is 2.87. The summed E-state index contributed by atoms with van der Waals surface area (Å²) >= 11 is 0. The van der Waals surface area contributed by atoms with Crippen LogP contribution in [0.3, 0.4) is 0 Å². The molecule has 0 aromatic heterocycles. The lowest BCUT2D eigenvalue weighted by Crippen LogP contribution is -2.21. The van der Waals surface area contributed by atoms with E-state index >= 15 is 0 Å². The third-order valence-electron chi connectivity index (χ3n) is 1.47. The van der Waals surface area contributed by atoms with E-state index in [2.05, 4.69) is 10.8 Å². The molecule has 0 saturated carbocycles. The average Bonchev–Trinajstić information content (AvgIpc) is 2.30. The zero-order chi connectivity index (χ0) is 10.1. The molecule has 0 amide bonds. The first-order valence-corrected chi connectivity index (χ1v) is 5.31. The van der Waals surface area contributed by atoms with Crippen molar-refractivity contribution in [2.24, 2.45) is 0 Å². The Morgan fingerprint density at radius 1 is 1.69 bits per heavy atom. The van der Waals surface area contributed by atoms with Crippen LogP contribution >= 0.6 is 10.9 Å². The lowest BCUT2D eigenvalue weighted by Gasteiger charge is -2.17. The molecule has 1 unspecified atom stereocenters. The van der Waals surface area contributed by atoms with Gasteiger partial charge in [0, 0.05) is 5.57 Å². The number of hydrogen-bond acceptors (Lipinski definition) is 5. The maximum atomic E-state index is 11.0. The van der Waals surface area contributed by atoms with E-state index in [1.165, 1.54) is 6.92 Å². The Hall–Kier alpha value is -0.560. The summed E-state index contributed by atoms with van der Waals surface area (Å²) in [5, 5.41) is 0. The predicted octanol–water partition coefficient (Wildman–Crippen LogP) is 1.17. The summed E-state index contributed by atoms with van der Waals surface area (Å²) in [6.45, 7) is 4.95. The molecule has 1 fully saturated rings. The van der Waals surface area contributed by atoms with Crippen LogP contribution in [0.5, 0.6) is 0 Å². The average molecular weight is 208 g/mol. The molecule has 0 radical (unpaired) electrons. The van der Waals surface area contributed by atoms with Crippen LogP contribution in [0.4, 0.5) is 0 Å². The molecule has 0 aromatic carbocycles.